The number of sulfonamides is 1. The van der Waals surface area contributed by atoms with Gasteiger partial charge in [-0.3, -0.25) is 0 Å². The van der Waals surface area contributed by atoms with Crippen molar-refractivity contribution >= 4 is 10.0 Å². The number of rotatable bonds is 4. The van der Waals surface area contributed by atoms with Gasteiger partial charge in [-0.1, -0.05) is 0 Å². The van der Waals surface area contributed by atoms with Crippen molar-refractivity contribution in [2.75, 3.05) is 13.2 Å². The maximum absolute atomic E-state index is 11.6. The van der Waals surface area contributed by atoms with Gasteiger partial charge in [0, 0.05) is 19.2 Å². The molecular weight excluding hydrogens is 204 g/mol. The van der Waals surface area contributed by atoms with E-state index >= 15 is 0 Å². The summed E-state index contributed by atoms with van der Waals surface area (Å²) in [5.41, 5.74) is 5.32. The van der Waals surface area contributed by atoms with Crippen molar-refractivity contribution in [2.45, 2.75) is 37.7 Å². The Morgan fingerprint density at radius 3 is 2.71 bits per heavy atom. The fourth-order valence-corrected chi connectivity index (χ4v) is 2.56. The molecule has 5 nitrogen and oxygen atoms in total. The van der Waals surface area contributed by atoms with Crippen LogP contribution in [0.4, 0.5) is 0 Å². The van der Waals surface area contributed by atoms with E-state index in [1.54, 1.807) is 6.92 Å². The van der Waals surface area contributed by atoms with Gasteiger partial charge >= 0.3 is 0 Å². The molecule has 3 atom stereocenters. The third-order valence-corrected chi connectivity index (χ3v) is 4.44. The summed E-state index contributed by atoms with van der Waals surface area (Å²) >= 11 is 0. The third kappa shape index (κ3) is 2.66. The molecule has 0 radical (unpaired) electrons. The fourth-order valence-electron chi connectivity index (χ4n) is 1.34. The number of hydrogen-bond acceptors (Lipinski definition) is 4. The maximum atomic E-state index is 11.6. The first-order valence-electron chi connectivity index (χ1n) is 4.80. The molecule has 3 unspecified atom stereocenters. The zero-order chi connectivity index (χ0) is 10.8. The average Bonchev–Trinajstić information content (AvgIpc) is 2.50. The predicted octanol–water partition coefficient (Wildman–Crippen LogP) is -0.570. The summed E-state index contributed by atoms with van der Waals surface area (Å²) in [6.07, 6.45) is 0.687. The molecule has 1 rings (SSSR count). The summed E-state index contributed by atoms with van der Waals surface area (Å²) in [6, 6.07) is -0.103. The lowest BCUT2D eigenvalue weighted by Crippen LogP contribution is -2.45. The highest BCUT2D eigenvalue weighted by atomic mass is 32.2. The molecule has 0 saturated carbocycles. The molecule has 84 valence electrons. The standard InChI is InChI=1S/C8H18N2O3S/c1-6(5-9)14(11,12)10-8-3-4-13-7(8)2/h6-8,10H,3-5,9H2,1-2H3. The van der Waals surface area contributed by atoms with Gasteiger partial charge in [-0.25, -0.2) is 13.1 Å². The smallest absolute Gasteiger partial charge is 0.215 e. The van der Waals surface area contributed by atoms with Crippen LogP contribution in [-0.4, -0.2) is 39.0 Å². The van der Waals surface area contributed by atoms with Gasteiger partial charge in [0.15, 0.2) is 0 Å². The molecular formula is C8H18N2O3S. The summed E-state index contributed by atoms with van der Waals surface area (Å²) in [4.78, 5) is 0. The summed E-state index contributed by atoms with van der Waals surface area (Å²) < 4.78 is 31.1. The van der Waals surface area contributed by atoms with E-state index < -0.39 is 15.3 Å². The first-order chi connectivity index (χ1) is 6.47. The second kappa shape index (κ2) is 4.57. The quantitative estimate of drug-likeness (QED) is 0.667. The Balaban J connectivity index is 2.58. The minimum absolute atomic E-state index is 0.0465. The molecule has 14 heavy (non-hydrogen) atoms. The Morgan fingerprint density at radius 1 is 1.64 bits per heavy atom. The van der Waals surface area contributed by atoms with Crippen LogP contribution >= 0.6 is 0 Å². The van der Waals surface area contributed by atoms with Crippen LogP contribution in [-0.2, 0) is 14.8 Å². The molecule has 1 aliphatic rings. The molecule has 1 heterocycles. The third-order valence-electron chi connectivity index (χ3n) is 2.55. The Bertz CT molecular complexity index is 278. The van der Waals surface area contributed by atoms with Gasteiger partial charge in [-0.05, 0) is 20.3 Å². The molecule has 0 aliphatic carbocycles. The Kier molecular flexibility index (Phi) is 3.88. The molecule has 1 fully saturated rings. The Hall–Kier alpha value is -0.170. The highest BCUT2D eigenvalue weighted by Gasteiger charge is 2.30. The lowest BCUT2D eigenvalue weighted by Gasteiger charge is -2.18. The molecule has 0 spiro atoms. The van der Waals surface area contributed by atoms with Crippen LogP contribution in [0.5, 0.6) is 0 Å². The first-order valence-corrected chi connectivity index (χ1v) is 6.35. The Morgan fingerprint density at radius 2 is 2.29 bits per heavy atom. The van der Waals surface area contributed by atoms with Crippen LogP contribution in [0.25, 0.3) is 0 Å². The summed E-state index contributed by atoms with van der Waals surface area (Å²) in [7, 11) is -3.28. The number of ether oxygens (including phenoxy) is 1. The SMILES string of the molecule is CC1OCCC1NS(=O)(=O)C(C)CN. The van der Waals surface area contributed by atoms with E-state index in [2.05, 4.69) is 4.72 Å². The van der Waals surface area contributed by atoms with Crippen molar-refractivity contribution in [1.29, 1.82) is 0 Å². The molecule has 0 bridgehead atoms. The van der Waals surface area contributed by atoms with Gasteiger partial charge in [-0.15, -0.1) is 0 Å². The lowest BCUT2D eigenvalue weighted by atomic mass is 10.2. The molecule has 0 aromatic rings. The number of nitrogens with two attached hydrogens (primary N) is 1. The van der Waals surface area contributed by atoms with Gasteiger partial charge < -0.3 is 10.5 Å². The molecule has 1 saturated heterocycles. The van der Waals surface area contributed by atoms with E-state index in [9.17, 15) is 8.42 Å². The zero-order valence-electron chi connectivity index (χ0n) is 8.56. The van der Waals surface area contributed by atoms with E-state index in [4.69, 9.17) is 10.5 Å². The van der Waals surface area contributed by atoms with Crippen molar-refractivity contribution in [2.24, 2.45) is 5.73 Å². The fraction of sp³-hybridized carbons (Fsp3) is 1.00. The monoisotopic (exact) mass is 222 g/mol. The van der Waals surface area contributed by atoms with Crippen LogP contribution in [0.2, 0.25) is 0 Å². The van der Waals surface area contributed by atoms with Gasteiger partial charge in [-0.2, -0.15) is 0 Å². The van der Waals surface area contributed by atoms with Crippen molar-refractivity contribution in [1.82, 2.24) is 4.72 Å². The molecule has 1 aliphatic heterocycles. The molecule has 0 aromatic carbocycles. The van der Waals surface area contributed by atoms with Gasteiger partial charge in [0.2, 0.25) is 10.0 Å². The highest BCUT2D eigenvalue weighted by molar-refractivity contribution is 7.90. The second-order valence-electron chi connectivity index (χ2n) is 3.68. The summed E-state index contributed by atoms with van der Waals surface area (Å²) in [5.74, 6) is 0. The van der Waals surface area contributed by atoms with Crippen molar-refractivity contribution in [3.63, 3.8) is 0 Å². The van der Waals surface area contributed by atoms with Crippen LogP contribution in [0.15, 0.2) is 0 Å². The van der Waals surface area contributed by atoms with Gasteiger partial charge in [0.1, 0.15) is 0 Å². The molecule has 3 N–H and O–H groups in total. The van der Waals surface area contributed by atoms with Crippen molar-refractivity contribution < 1.29 is 13.2 Å². The Labute approximate surface area is 85.1 Å². The van der Waals surface area contributed by atoms with E-state index in [1.165, 1.54) is 0 Å². The van der Waals surface area contributed by atoms with Crippen LogP contribution < -0.4 is 10.5 Å². The zero-order valence-corrected chi connectivity index (χ0v) is 9.38. The normalized spacial score (nSPS) is 30.5. The lowest BCUT2D eigenvalue weighted by molar-refractivity contribution is 0.116. The predicted molar refractivity (Wildman–Crippen MR) is 54.4 cm³/mol. The highest BCUT2D eigenvalue weighted by Crippen LogP contribution is 2.14. The summed E-state index contributed by atoms with van der Waals surface area (Å²) in [6.45, 7) is 4.22. The van der Waals surface area contributed by atoms with Crippen LogP contribution in [0.1, 0.15) is 20.3 Å². The van der Waals surface area contributed by atoms with Crippen molar-refractivity contribution in [3.05, 3.63) is 0 Å². The second-order valence-corrected chi connectivity index (χ2v) is 5.81. The minimum atomic E-state index is -3.28. The van der Waals surface area contributed by atoms with Gasteiger partial charge in [0.25, 0.3) is 0 Å². The topological polar surface area (TPSA) is 81.4 Å². The summed E-state index contributed by atoms with van der Waals surface area (Å²) in [5, 5.41) is -0.546. The molecule has 0 aromatic heterocycles. The number of hydrogen-bond donors (Lipinski definition) is 2. The first kappa shape index (κ1) is 11.9. The van der Waals surface area contributed by atoms with Crippen LogP contribution in [0, 0.1) is 0 Å². The van der Waals surface area contributed by atoms with Crippen molar-refractivity contribution in [3.8, 4) is 0 Å². The minimum Gasteiger partial charge on any atom is -0.377 e. The van der Waals surface area contributed by atoms with E-state index in [0.717, 1.165) is 6.42 Å². The van der Waals surface area contributed by atoms with E-state index in [-0.39, 0.29) is 18.7 Å². The van der Waals surface area contributed by atoms with Crippen LogP contribution in [0.3, 0.4) is 0 Å². The van der Waals surface area contributed by atoms with E-state index in [0.29, 0.717) is 6.61 Å². The number of nitrogens with one attached hydrogen (secondary N) is 1. The average molecular weight is 222 g/mol. The van der Waals surface area contributed by atoms with Gasteiger partial charge in [0.05, 0.1) is 11.4 Å². The largest absolute Gasteiger partial charge is 0.377 e. The maximum Gasteiger partial charge on any atom is 0.215 e. The molecule has 0 amide bonds. The van der Waals surface area contributed by atoms with E-state index in [1.807, 2.05) is 6.92 Å². The molecule has 6 heteroatoms.